The van der Waals surface area contributed by atoms with E-state index in [2.05, 4.69) is 10.1 Å². The molecular formula is C13H15NO5. The smallest absolute Gasteiger partial charge is 0.309 e. The summed E-state index contributed by atoms with van der Waals surface area (Å²) in [6, 6.07) is 5.11. The van der Waals surface area contributed by atoms with Crippen molar-refractivity contribution in [2.75, 3.05) is 19.0 Å². The molecule has 0 bridgehead atoms. The van der Waals surface area contributed by atoms with Crippen LogP contribution in [-0.2, 0) is 20.7 Å². The van der Waals surface area contributed by atoms with E-state index in [-0.39, 0.29) is 31.3 Å². The summed E-state index contributed by atoms with van der Waals surface area (Å²) in [5.74, 6) is -0.107. The van der Waals surface area contributed by atoms with E-state index in [1.807, 2.05) is 0 Å². The fraction of sp³-hybridized carbons (Fsp3) is 0.385. The number of esters is 1. The molecule has 0 aliphatic carbocycles. The van der Waals surface area contributed by atoms with Gasteiger partial charge in [0.2, 0.25) is 0 Å². The molecule has 0 saturated heterocycles. The lowest BCUT2D eigenvalue weighted by molar-refractivity contribution is -0.139. The van der Waals surface area contributed by atoms with E-state index in [1.165, 1.54) is 7.11 Å². The summed E-state index contributed by atoms with van der Waals surface area (Å²) in [6.07, 6.45) is -0.293. The van der Waals surface area contributed by atoms with Crippen molar-refractivity contribution in [3.8, 4) is 5.75 Å². The number of amides is 1. The third-order valence-corrected chi connectivity index (χ3v) is 2.83. The summed E-state index contributed by atoms with van der Waals surface area (Å²) >= 11 is 0. The molecule has 1 aromatic rings. The molecule has 1 aliphatic rings. The van der Waals surface area contributed by atoms with E-state index in [9.17, 15) is 9.59 Å². The second kappa shape index (κ2) is 5.71. The first kappa shape index (κ1) is 13.4. The summed E-state index contributed by atoms with van der Waals surface area (Å²) in [6.45, 7) is -0.117. The van der Waals surface area contributed by atoms with Gasteiger partial charge in [0.05, 0.1) is 19.2 Å². The van der Waals surface area contributed by atoms with Gasteiger partial charge in [0.15, 0.2) is 6.10 Å². The molecule has 0 spiro atoms. The summed E-state index contributed by atoms with van der Waals surface area (Å²) < 4.78 is 10.1. The van der Waals surface area contributed by atoms with E-state index >= 15 is 0 Å². The van der Waals surface area contributed by atoms with Gasteiger partial charge in [-0.3, -0.25) is 9.59 Å². The van der Waals surface area contributed by atoms with Gasteiger partial charge in [0.1, 0.15) is 5.75 Å². The number of aliphatic hydroxyl groups is 1. The van der Waals surface area contributed by atoms with Gasteiger partial charge >= 0.3 is 5.97 Å². The van der Waals surface area contributed by atoms with Crippen molar-refractivity contribution in [3.63, 3.8) is 0 Å². The molecule has 6 heteroatoms. The topological polar surface area (TPSA) is 84.9 Å². The Labute approximate surface area is 110 Å². The Balaban J connectivity index is 2.16. The van der Waals surface area contributed by atoms with Gasteiger partial charge in [-0.05, 0) is 17.7 Å². The van der Waals surface area contributed by atoms with Crippen LogP contribution in [0.1, 0.15) is 12.0 Å². The summed E-state index contributed by atoms with van der Waals surface area (Å²) in [7, 11) is 1.32. The number of ether oxygens (including phenoxy) is 2. The lowest BCUT2D eigenvalue weighted by atomic mass is 10.1. The number of aliphatic hydroxyl groups excluding tert-OH is 1. The van der Waals surface area contributed by atoms with E-state index in [1.54, 1.807) is 18.2 Å². The van der Waals surface area contributed by atoms with Crippen molar-refractivity contribution in [2.45, 2.75) is 18.9 Å². The zero-order valence-electron chi connectivity index (χ0n) is 10.5. The number of hydrogen-bond donors (Lipinski definition) is 2. The van der Waals surface area contributed by atoms with Crippen LogP contribution in [0.5, 0.6) is 5.75 Å². The molecule has 102 valence electrons. The van der Waals surface area contributed by atoms with Gasteiger partial charge in [0, 0.05) is 13.0 Å². The Morgan fingerprint density at radius 3 is 3.00 bits per heavy atom. The van der Waals surface area contributed by atoms with Crippen molar-refractivity contribution in [1.29, 1.82) is 0 Å². The first-order valence-electron chi connectivity index (χ1n) is 5.92. The second-order valence-corrected chi connectivity index (χ2v) is 4.19. The number of fused-ring (bicyclic) bond motifs is 1. The lowest BCUT2D eigenvalue weighted by Crippen LogP contribution is -2.37. The van der Waals surface area contributed by atoms with Gasteiger partial charge in [0.25, 0.3) is 5.91 Å². The summed E-state index contributed by atoms with van der Waals surface area (Å²) in [5, 5.41) is 11.5. The Bertz CT molecular complexity index is 500. The summed E-state index contributed by atoms with van der Waals surface area (Å²) in [5.41, 5.74) is 1.26. The van der Waals surface area contributed by atoms with Crippen molar-refractivity contribution in [3.05, 3.63) is 23.8 Å². The van der Waals surface area contributed by atoms with Crippen molar-refractivity contribution in [1.82, 2.24) is 0 Å². The Morgan fingerprint density at radius 1 is 1.53 bits per heavy atom. The van der Waals surface area contributed by atoms with Gasteiger partial charge in [-0.1, -0.05) is 6.07 Å². The van der Waals surface area contributed by atoms with Crippen LogP contribution in [0.4, 0.5) is 5.69 Å². The standard InChI is InChI=1S/C13H15NO5/c1-18-12(16)7-8-2-3-10-9(6-8)14-13(17)11(19-10)4-5-15/h2-3,6,11,15H,4-5,7H2,1H3,(H,14,17). The SMILES string of the molecule is COC(=O)Cc1ccc2c(c1)NC(=O)C(CCO)O2. The van der Waals surface area contributed by atoms with Crippen molar-refractivity contribution in [2.24, 2.45) is 0 Å². The minimum atomic E-state index is -0.677. The van der Waals surface area contributed by atoms with Crippen LogP contribution in [0, 0.1) is 0 Å². The van der Waals surface area contributed by atoms with Crippen LogP contribution in [-0.4, -0.2) is 36.8 Å². The van der Waals surface area contributed by atoms with E-state index in [0.717, 1.165) is 5.56 Å². The lowest BCUT2D eigenvalue weighted by Gasteiger charge is -2.25. The molecule has 6 nitrogen and oxygen atoms in total. The number of hydrogen-bond acceptors (Lipinski definition) is 5. The maximum Gasteiger partial charge on any atom is 0.309 e. The number of carbonyl (C=O) groups is 2. The number of rotatable bonds is 4. The minimum Gasteiger partial charge on any atom is -0.478 e. The molecule has 1 atom stereocenters. The molecule has 1 aliphatic heterocycles. The van der Waals surface area contributed by atoms with Crippen molar-refractivity contribution >= 4 is 17.6 Å². The number of anilines is 1. The average Bonchev–Trinajstić information content (AvgIpc) is 2.40. The quantitative estimate of drug-likeness (QED) is 0.774. The fourth-order valence-corrected chi connectivity index (χ4v) is 1.85. The number of carbonyl (C=O) groups excluding carboxylic acids is 2. The molecular weight excluding hydrogens is 250 g/mol. The van der Waals surface area contributed by atoms with Crippen LogP contribution in [0.3, 0.4) is 0 Å². The molecule has 0 aromatic heterocycles. The van der Waals surface area contributed by atoms with Crippen LogP contribution in [0.25, 0.3) is 0 Å². The molecule has 1 unspecified atom stereocenters. The molecule has 1 aromatic carbocycles. The summed E-state index contributed by atoms with van der Waals surface area (Å²) in [4.78, 5) is 22.9. The average molecular weight is 265 g/mol. The highest BCUT2D eigenvalue weighted by Gasteiger charge is 2.27. The van der Waals surface area contributed by atoms with E-state index < -0.39 is 6.10 Å². The maximum absolute atomic E-state index is 11.7. The molecule has 1 heterocycles. The number of benzene rings is 1. The van der Waals surface area contributed by atoms with Gasteiger partial charge in [-0.15, -0.1) is 0 Å². The highest BCUT2D eigenvalue weighted by atomic mass is 16.5. The monoisotopic (exact) mass is 265 g/mol. The molecule has 19 heavy (non-hydrogen) atoms. The van der Waals surface area contributed by atoms with Gasteiger partial charge in [-0.25, -0.2) is 0 Å². The van der Waals surface area contributed by atoms with Crippen LogP contribution in [0.15, 0.2) is 18.2 Å². The predicted octanol–water partition coefficient (Wildman–Crippen LogP) is 0.484. The van der Waals surface area contributed by atoms with E-state index in [0.29, 0.717) is 11.4 Å². The third-order valence-electron chi connectivity index (χ3n) is 2.83. The zero-order chi connectivity index (χ0) is 13.8. The number of nitrogens with one attached hydrogen (secondary N) is 1. The largest absolute Gasteiger partial charge is 0.478 e. The van der Waals surface area contributed by atoms with Crippen molar-refractivity contribution < 1.29 is 24.2 Å². The fourth-order valence-electron chi connectivity index (χ4n) is 1.85. The third kappa shape index (κ3) is 3.03. The highest BCUT2D eigenvalue weighted by Crippen LogP contribution is 2.31. The highest BCUT2D eigenvalue weighted by molar-refractivity contribution is 5.97. The van der Waals surface area contributed by atoms with Gasteiger partial charge < -0.3 is 19.9 Å². The minimum absolute atomic E-state index is 0.117. The Morgan fingerprint density at radius 2 is 2.32 bits per heavy atom. The zero-order valence-corrected chi connectivity index (χ0v) is 10.5. The second-order valence-electron chi connectivity index (χ2n) is 4.19. The predicted molar refractivity (Wildman–Crippen MR) is 66.9 cm³/mol. The molecule has 0 radical (unpaired) electrons. The van der Waals surface area contributed by atoms with E-state index in [4.69, 9.17) is 9.84 Å². The van der Waals surface area contributed by atoms with Crippen LogP contribution >= 0.6 is 0 Å². The normalized spacial score (nSPS) is 17.2. The molecule has 1 amide bonds. The maximum atomic E-state index is 11.7. The molecule has 0 saturated carbocycles. The Hall–Kier alpha value is -2.08. The molecule has 2 N–H and O–H groups in total. The first-order valence-corrected chi connectivity index (χ1v) is 5.92. The molecule has 0 fully saturated rings. The van der Waals surface area contributed by atoms with Crippen LogP contribution < -0.4 is 10.1 Å². The number of methoxy groups -OCH3 is 1. The Kier molecular flexibility index (Phi) is 4.01. The molecule has 2 rings (SSSR count). The van der Waals surface area contributed by atoms with Crippen LogP contribution in [0.2, 0.25) is 0 Å². The first-order chi connectivity index (χ1) is 9.13. The van der Waals surface area contributed by atoms with Gasteiger partial charge in [-0.2, -0.15) is 0 Å².